The summed E-state index contributed by atoms with van der Waals surface area (Å²) in [6, 6.07) is 0. The summed E-state index contributed by atoms with van der Waals surface area (Å²) < 4.78 is 26.4. The third-order valence-corrected chi connectivity index (χ3v) is 9.83. The quantitative estimate of drug-likeness (QED) is 0.722. The minimum Gasteiger partial charge on any atom is -0.390 e. The van der Waals surface area contributed by atoms with Crippen LogP contribution in [0.4, 0.5) is 8.78 Å². The van der Waals surface area contributed by atoms with Gasteiger partial charge in [-0.2, -0.15) is 0 Å². The Hall–Kier alpha value is -0.220. The third-order valence-electron chi connectivity index (χ3n) is 9.83. The molecule has 0 amide bonds. The first kappa shape index (κ1) is 20.1. The summed E-state index contributed by atoms with van der Waals surface area (Å²) in [5, 5.41) is 20.6. The van der Waals surface area contributed by atoms with Crippen molar-refractivity contribution in [2.75, 3.05) is 13.3 Å². The van der Waals surface area contributed by atoms with Crippen LogP contribution in [0, 0.1) is 46.8 Å². The number of aliphatic hydroxyl groups is 2. The molecule has 4 heteroatoms. The van der Waals surface area contributed by atoms with Gasteiger partial charge in [-0.15, -0.1) is 0 Å². The summed E-state index contributed by atoms with van der Waals surface area (Å²) in [7, 11) is 0. The van der Waals surface area contributed by atoms with Gasteiger partial charge in [0.25, 0.3) is 0 Å². The molecule has 2 N–H and O–H groups in total. The molecule has 0 unspecified atom stereocenters. The number of rotatable bonds is 4. The fraction of sp³-hybridized carbons (Fsp3) is 1.00. The van der Waals surface area contributed by atoms with E-state index in [1.165, 1.54) is 25.7 Å². The second-order valence-electron chi connectivity index (χ2n) is 10.8. The van der Waals surface area contributed by atoms with Crippen LogP contribution in [0.2, 0.25) is 0 Å². The summed E-state index contributed by atoms with van der Waals surface area (Å²) in [6.45, 7) is 3.24. The fourth-order valence-corrected chi connectivity index (χ4v) is 8.40. The van der Waals surface area contributed by atoms with Crippen LogP contribution in [0.3, 0.4) is 0 Å². The second-order valence-corrected chi connectivity index (χ2v) is 10.8. The van der Waals surface area contributed by atoms with E-state index >= 15 is 0 Å². The fourth-order valence-electron chi connectivity index (χ4n) is 8.40. The zero-order valence-electron chi connectivity index (χ0n) is 17.0. The highest BCUT2D eigenvalue weighted by atomic mass is 19.1. The lowest BCUT2D eigenvalue weighted by Crippen LogP contribution is -2.52. The van der Waals surface area contributed by atoms with E-state index in [9.17, 15) is 19.0 Å². The summed E-state index contributed by atoms with van der Waals surface area (Å²) in [4.78, 5) is 0. The lowest BCUT2D eigenvalue weighted by atomic mass is 9.48. The molecule has 4 saturated carbocycles. The van der Waals surface area contributed by atoms with Gasteiger partial charge in [0.05, 0.1) is 11.7 Å². The largest absolute Gasteiger partial charge is 0.390 e. The van der Waals surface area contributed by atoms with Crippen molar-refractivity contribution in [2.24, 2.45) is 46.8 Å². The van der Waals surface area contributed by atoms with E-state index in [4.69, 9.17) is 0 Å². The van der Waals surface area contributed by atoms with Crippen molar-refractivity contribution in [3.8, 4) is 0 Å². The van der Waals surface area contributed by atoms with E-state index in [0.717, 1.165) is 31.1 Å². The maximum Gasteiger partial charge on any atom is 0.118 e. The lowest BCUT2D eigenvalue weighted by Gasteiger charge is -2.57. The minimum absolute atomic E-state index is 0.0344. The smallest absolute Gasteiger partial charge is 0.118 e. The van der Waals surface area contributed by atoms with Crippen LogP contribution in [0.15, 0.2) is 0 Å². The monoisotopic (exact) mass is 384 g/mol. The van der Waals surface area contributed by atoms with Gasteiger partial charge in [0, 0.05) is 0 Å². The number of alkyl halides is 2. The molecule has 0 heterocycles. The molecule has 0 aromatic carbocycles. The topological polar surface area (TPSA) is 40.5 Å². The maximum atomic E-state index is 13.3. The Morgan fingerprint density at radius 1 is 0.963 bits per heavy atom. The molecule has 4 fully saturated rings. The Bertz CT molecular complexity index is 542. The highest BCUT2D eigenvalue weighted by Gasteiger charge is 2.58. The van der Waals surface area contributed by atoms with Gasteiger partial charge in [0.2, 0.25) is 0 Å². The Morgan fingerprint density at radius 3 is 2.41 bits per heavy atom. The summed E-state index contributed by atoms with van der Waals surface area (Å²) in [5.74, 6) is 3.77. The summed E-state index contributed by atoms with van der Waals surface area (Å²) in [5.41, 5.74) is -0.828. The van der Waals surface area contributed by atoms with Crippen molar-refractivity contribution in [2.45, 2.75) is 83.3 Å². The average molecular weight is 385 g/mol. The zero-order chi connectivity index (χ0) is 19.4. The first-order chi connectivity index (χ1) is 12.8. The Kier molecular flexibility index (Phi) is 5.38. The Morgan fingerprint density at radius 2 is 1.70 bits per heavy atom. The number of hydrogen-bond acceptors (Lipinski definition) is 2. The van der Waals surface area contributed by atoms with Gasteiger partial charge < -0.3 is 10.2 Å². The average Bonchev–Trinajstić information content (AvgIpc) is 3.03. The van der Waals surface area contributed by atoms with Crippen molar-refractivity contribution >= 4 is 0 Å². The molecule has 27 heavy (non-hydrogen) atoms. The van der Waals surface area contributed by atoms with E-state index in [1.54, 1.807) is 0 Å². The SMILES string of the molecule is C[C@H]([C@H](O)CF)[C@H]1CC[C@H]2[C@@H]3CC[C@@H]4C[C@@](O)(CF)CC[C@@H]4[C@H]3CC[C@]12C. The zero-order valence-corrected chi connectivity index (χ0v) is 17.0. The molecule has 0 aromatic heterocycles. The van der Waals surface area contributed by atoms with Crippen LogP contribution in [0.5, 0.6) is 0 Å². The predicted octanol–water partition coefficient (Wildman–Crippen LogP) is 4.92. The standard InChI is InChI=1S/C23H38F2O2/c1-14(21(26)12-24)19-5-6-20-18-4-3-15-11-23(27,13-25)10-8-16(15)17(18)7-9-22(19,20)2/h14-21,26-27H,3-13H2,1-2H3/t14-,15+,16-,17+,18+,19+,20-,21+,22+,23+/m0/s1. The number of halogens is 2. The van der Waals surface area contributed by atoms with Crippen LogP contribution in [0.1, 0.15) is 71.6 Å². The van der Waals surface area contributed by atoms with Crippen molar-refractivity contribution in [3.05, 3.63) is 0 Å². The third kappa shape index (κ3) is 3.17. The first-order valence-corrected chi connectivity index (χ1v) is 11.4. The van der Waals surface area contributed by atoms with E-state index < -0.39 is 25.1 Å². The molecule has 0 aliphatic heterocycles. The van der Waals surface area contributed by atoms with Gasteiger partial charge in [0.1, 0.15) is 13.3 Å². The van der Waals surface area contributed by atoms with Gasteiger partial charge in [0.15, 0.2) is 0 Å². The van der Waals surface area contributed by atoms with Crippen LogP contribution in [-0.2, 0) is 0 Å². The normalized spacial score (nSPS) is 51.8. The second kappa shape index (κ2) is 7.23. The summed E-state index contributed by atoms with van der Waals surface area (Å²) >= 11 is 0. The van der Waals surface area contributed by atoms with Gasteiger partial charge in [-0.25, -0.2) is 8.78 Å². The number of aliphatic hydroxyl groups excluding tert-OH is 1. The molecule has 4 aliphatic rings. The Labute approximate surface area is 163 Å². The molecule has 2 nitrogen and oxygen atoms in total. The molecular formula is C23H38F2O2. The molecular weight excluding hydrogens is 346 g/mol. The molecule has 10 atom stereocenters. The van der Waals surface area contributed by atoms with Crippen LogP contribution >= 0.6 is 0 Å². The number of fused-ring (bicyclic) bond motifs is 5. The predicted molar refractivity (Wildman–Crippen MR) is 103 cm³/mol. The van der Waals surface area contributed by atoms with E-state index in [2.05, 4.69) is 6.92 Å². The minimum atomic E-state index is -1.06. The molecule has 0 aromatic rings. The molecule has 4 rings (SSSR count). The van der Waals surface area contributed by atoms with Gasteiger partial charge >= 0.3 is 0 Å². The molecule has 0 spiro atoms. The highest BCUT2D eigenvalue weighted by molar-refractivity contribution is 5.08. The van der Waals surface area contributed by atoms with E-state index in [-0.39, 0.29) is 11.3 Å². The van der Waals surface area contributed by atoms with Crippen molar-refractivity contribution < 1.29 is 19.0 Å². The van der Waals surface area contributed by atoms with Crippen molar-refractivity contribution in [1.29, 1.82) is 0 Å². The molecule has 156 valence electrons. The van der Waals surface area contributed by atoms with Gasteiger partial charge in [-0.1, -0.05) is 13.8 Å². The van der Waals surface area contributed by atoms with Crippen LogP contribution in [0.25, 0.3) is 0 Å². The van der Waals surface area contributed by atoms with E-state index in [0.29, 0.717) is 36.5 Å². The van der Waals surface area contributed by atoms with Gasteiger partial charge in [-0.3, -0.25) is 0 Å². The maximum absolute atomic E-state index is 13.3. The van der Waals surface area contributed by atoms with Crippen LogP contribution in [-0.4, -0.2) is 35.3 Å². The number of hydrogen-bond donors (Lipinski definition) is 2. The van der Waals surface area contributed by atoms with Crippen molar-refractivity contribution in [3.63, 3.8) is 0 Å². The highest BCUT2D eigenvalue weighted by Crippen LogP contribution is 2.65. The molecule has 0 radical (unpaired) electrons. The first-order valence-electron chi connectivity index (χ1n) is 11.4. The molecule has 0 bridgehead atoms. The van der Waals surface area contributed by atoms with Crippen molar-refractivity contribution in [1.82, 2.24) is 0 Å². The Balaban J connectivity index is 1.50. The van der Waals surface area contributed by atoms with E-state index in [1.807, 2.05) is 6.92 Å². The molecule has 4 aliphatic carbocycles. The summed E-state index contributed by atoms with van der Waals surface area (Å²) in [6.07, 6.45) is 8.53. The lowest BCUT2D eigenvalue weighted by molar-refractivity contribution is -0.116. The van der Waals surface area contributed by atoms with Gasteiger partial charge in [-0.05, 0) is 105 Å². The molecule has 0 saturated heterocycles. The van der Waals surface area contributed by atoms with Crippen LogP contribution < -0.4 is 0 Å².